The average molecular weight is 371 g/mol. The Kier molecular flexibility index (Phi) is 6.48. The summed E-state index contributed by atoms with van der Waals surface area (Å²) >= 11 is 0. The fraction of sp³-hybridized carbons (Fsp3) is 0.571. The third-order valence-electron chi connectivity index (χ3n) is 4.95. The molecule has 2 heterocycles. The fourth-order valence-electron chi connectivity index (χ4n) is 3.19. The van der Waals surface area contributed by atoms with E-state index in [9.17, 15) is 4.79 Å². The fourth-order valence-corrected chi connectivity index (χ4v) is 3.19. The van der Waals surface area contributed by atoms with Crippen LogP contribution in [0.3, 0.4) is 0 Å². The maximum atomic E-state index is 12.7. The predicted molar refractivity (Wildman–Crippen MR) is 103 cm³/mol. The van der Waals surface area contributed by atoms with Crippen molar-refractivity contribution in [2.75, 3.05) is 19.7 Å². The van der Waals surface area contributed by atoms with Gasteiger partial charge < -0.3 is 14.1 Å². The van der Waals surface area contributed by atoms with Gasteiger partial charge in [-0.3, -0.25) is 4.79 Å². The Balaban J connectivity index is 1.53. The lowest BCUT2D eigenvalue weighted by molar-refractivity contribution is 0.0706. The third kappa shape index (κ3) is 4.87. The summed E-state index contributed by atoms with van der Waals surface area (Å²) in [5.41, 5.74) is 0.705. The topological polar surface area (TPSA) is 68.5 Å². The normalized spacial score (nSPS) is 15.3. The molecule has 0 atom stereocenters. The molecule has 146 valence electrons. The summed E-state index contributed by atoms with van der Waals surface area (Å²) in [6.45, 7) is 8.34. The van der Waals surface area contributed by atoms with Gasteiger partial charge in [-0.05, 0) is 43.5 Å². The lowest BCUT2D eigenvalue weighted by Crippen LogP contribution is -2.38. The lowest BCUT2D eigenvalue weighted by atomic mass is 9.96. The molecular weight excluding hydrogens is 342 g/mol. The second-order valence-electron chi connectivity index (χ2n) is 7.43. The van der Waals surface area contributed by atoms with Gasteiger partial charge in [-0.2, -0.15) is 0 Å². The number of carbonyl (C=O) groups is 1. The van der Waals surface area contributed by atoms with Crippen LogP contribution in [0.4, 0.5) is 0 Å². The van der Waals surface area contributed by atoms with Gasteiger partial charge in [-0.1, -0.05) is 27.2 Å². The van der Waals surface area contributed by atoms with Crippen LogP contribution in [0.25, 0.3) is 0 Å². The van der Waals surface area contributed by atoms with Crippen LogP contribution in [-0.2, 0) is 0 Å². The summed E-state index contributed by atoms with van der Waals surface area (Å²) in [5, 5.41) is 8.31. The van der Waals surface area contributed by atoms with Crippen molar-refractivity contribution in [3.8, 4) is 5.75 Å². The number of rotatable bonds is 7. The highest BCUT2D eigenvalue weighted by molar-refractivity contribution is 5.94. The summed E-state index contributed by atoms with van der Waals surface area (Å²) in [4.78, 5) is 14.6. The standard InChI is InChI=1S/C21H29N3O3/c1-4-5-14-26-18-8-6-17(7-9-18)21(25)24-12-10-16(11-13-24)20-23-22-19(27-20)15(2)3/h6-9,15-16H,4-5,10-14H2,1-3H3. The van der Waals surface area contributed by atoms with E-state index in [2.05, 4.69) is 17.1 Å². The quantitative estimate of drug-likeness (QED) is 0.675. The Labute approximate surface area is 160 Å². The predicted octanol–water partition coefficient (Wildman–Crippen LogP) is 4.39. The van der Waals surface area contributed by atoms with E-state index in [0.29, 0.717) is 37.0 Å². The molecule has 0 N–H and O–H groups in total. The number of aromatic nitrogens is 2. The van der Waals surface area contributed by atoms with E-state index in [0.717, 1.165) is 31.4 Å². The molecule has 1 aromatic heterocycles. The SMILES string of the molecule is CCCCOc1ccc(C(=O)N2CCC(c3nnc(C(C)C)o3)CC2)cc1. The van der Waals surface area contributed by atoms with Crippen molar-refractivity contribution in [2.24, 2.45) is 0 Å². The molecule has 0 spiro atoms. The summed E-state index contributed by atoms with van der Waals surface area (Å²) in [7, 11) is 0. The highest BCUT2D eigenvalue weighted by atomic mass is 16.5. The van der Waals surface area contributed by atoms with Crippen molar-refractivity contribution in [3.05, 3.63) is 41.6 Å². The van der Waals surface area contributed by atoms with Crippen LogP contribution in [0.5, 0.6) is 5.75 Å². The molecule has 1 aliphatic rings. The van der Waals surface area contributed by atoms with Gasteiger partial charge >= 0.3 is 0 Å². The number of carbonyl (C=O) groups excluding carboxylic acids is 1. The maximum absolute atomic E-state index is 12.7. The zero-order chi connectivity index (χ0) is 19.2. The van der Waals surface area contributed by atoms with E-state index in [4.69, 9.17) is 9.15 Å². The number of piperidine rings is 1. The van der Waals surface area contributed by atoms with Gasteiger partial charge in [0.25, 0.3) is 5.91 Å². The number of ether oxygens (including phenoxy) is 1. The zero-order valence-electron chi connectivity index (χ0n) is 16.5. The highest BCUT2D eigenvalue weighted by Crippen LogP contribution is 2.29. The molecule has 2 aromatic rings. The van der Waals surface area contributed by atoms with Gasteiger partial charge in [0.15, 0.2) is 0 Å². The summed E-state index contributed by atoms with van der Waals surface area (Å²) in [6.07, 6.45) is 3.84. The molecular formula is C21H29N3O3. The van der Waals surface area contributed by atoms with Crippen molar-refractivity contribution < 1.29 is 13.9 Å². The number of benzene rings is 1. The molecule has 27 heavy (non-hydrogen) atoms. The van der Waals surface area contributed by atoms with E-state index in [1.165, 1.54) is 0 Å². The Morgan fingerprint density at radius 2 is 1.93 bits per heavy atom. The van der Waals surface area contributed by atoms with Gasteiger partial charge in [-0.15, -0.1) is 10.2 Å². The van der Waals surface area contributed by atoms with Crippen LogP contribution in [0.15, 0.2) is 28.7 Å². The Morgan fingerprint density at radius 1 is 1.22 bits per heavy atom. The minimum Gasteiger partial charge on any atom is -0.494 e. The molecule has 0 radical (unpaired) electrons. The number of hydrogen-bond acceptors (Lipinski definition) is 5. The molecule has 1 fully saturated rings. The second kappa shape index (κ2) is 9.02. The van der Waals surface area contributed by atoms with E-state index in [-0.39, 0.29) is 17.7 Å². The van der Waals surface area contributed by atoms with Crippen LogP contribution in [0.1, 0.15) is 80.4 Å². The largest absolute Gasteiger partial charge is 0.494 e. The van der Waals surface area contributed by atoms with Crippen molar-refractivity contribution in [2.45, 2.75) is 58.3 Å². The molecule has 6 nitrogen and oxygen atoms in total. The number of amides is 1. The Hall–Kier alpha value is -2.37. The van der Waals surface area contributed by atoms with Crippen molar-refractivity contribution in [1.82, 2.24) is 15.1 Å². The molecule has 0 unspecified atom stereocenters. The summed E-state index contributed by atoms with van der Waals surface area (Å²) < 4.78 is 11.4. The molecule has 3 rings (SSSR count). The van der Waals surface area contributed by atoms with Gasteiger partial charge in [0.2, 0.25) is 11.8 Å². The van der Waals surface area contributed by atoms with Crippen LogP contribution < -0.4 is 4.74 Å². The molecule has 1 saturated heterocycles. The molecule has 0 bridgehead atoms. The monoisotopic (exact) mass is 371 g/mol. The number of nitrogens with zero attached hydrogens (tertiary/aromatic N) is 3. The highest BCUT2D eigenvalue weighted by Gasteiger charge is 2.28. The first-order valence-electron chi connectivity index (χ1n) is 9.94. The van der Waals surface area contributed by atoms with Gasteiger partial charge in [-0.25, -0.2) is 0 Å². The average Bonchev–Trinajstić information content (AvgIpc) is 3.19. The smallest absolute Gasteiger partial charge is 0.253 e. The molecule has 1 aromatic carbocycles. The van der Waals surface area contributed by atoms with E-state index in [1.807, 2.05) is 43.0 Å². The van der Waals surface area contributed by atoms with Gasteiger partial charge in [0, 0.05) is 30.5 Å². The van der Waals surface area contributed by atoms with Crippen molar-refractivity contribution >= 4 is 5.91 Å². The van der Waals surface area contributed by atoms with Crippen LogP contribution in [0, 0.1) is 0 Å². The first-order chi connectivity index (χ1) is 13.1. The molecule has 0 aliphatic carbocycles. The number of hydrogen-bond donors (Lipinski definition) is 0. The van der Waals surface area contributed by atoms with E-state index in [1.54, 1.807) is 0 Å². The molecule has 6 heteroatoms. The first-order valence-corrected chi connectivity index (χ1v) is 9.94. The van der Waals surface area contributed by atoms with Gasteiger partial charge in [0.1, 0.15) is 5.75 Å². The van der Waals surface area contributed by atoms with Crippen LogP contribution in [-0.4, -0.2) is 40.7 Å². The van der Waals surface area contributed by atoms with Crippen LogP contribution >= 0.6 is 0 Å². The minimum atomic E-state index is 0.0713. The number of likely N-dealkylation sites (tertiary alicyclic amines) is 1. The first kappa shape index (κ1) is 19.4. The summed E-state index contributed by atoms with van der Waals surface area (Å²) in [6, 6.07) is 7.45. The number of unbranched alkanes of at least 4 members (excludes halogenated alkanes) is 1. The molecule has 1 aliphatic heterocycles. The van der Waals surface area contributed by atoms with E-state index < -0.39 is 0 Å². The Morgan fingerprint density at radius 3 is 2.52 bits per heavy atom. The van der Waals surface area contributed by atoms with Crippen LogP contribution in [0.2, 0.25) is 0 Å². The third-order valence-corrected chi connectivity index (χ3v) is 4.95. The van der Waals surface area contributed by atoms with Gasteiger partial charge in [0.05, 0.1) is 6.61 Å². The second-order valence-corrected chi connectivity index (χ2v) is 7.43. The Bertz CT molecular complexity index is 731. The maximum Gasteiger partial charge on any atom is 0.253 e. The molecule has 1 amide bonds. The minimum absolute atomic E-state index is 0.0713. The van der Waals surface area contributed by atoms with Crippen molar-refractivity contribution in [3.63, 3.8) is 0 Å². The zero-order valence-corrected chi connectivity index (χ0v) is 16.5. The summed E-state index contributed by atoms with van der Waals surface area (Å²) in [5.74, 6) is 2.76. The lowest BCUT2D eigenvalue weighted by Gasteiger charge is -2.30. The van der Waals surface area contributed by atoms with E-state index >= 15 is 0 Å². The van der Waals surface area contributed by atoms with Crippen molar-refractivity contribution in [1.29, 1.82) is 0 Å². The molecule has 0 saturated carbocycles.